The van der Waals surface area contributed by atoms with Crippen molar-refractivity contribution in [1.29, 1.82) is 0 Å². The molecule has 0 atom stereocenters. The van der Waals surface area contributed by atoms with E-state index in [0.29, 0.717) is 0 Å². The quantitative estimate of drug-likeness (QED) is 0.174. The predicted molar refractivity (Wildman–Crippen MR) is 249 cm³/mol. The van der Waals surface area contributed by atoms with Crippen LogP contribution < -0.4 is 14.5 Å². The molecule has 1 spiro atoms. The fraction of sp³-hybridized carbons (Fsp3) is 0.0536. The first-order valence-electron chi connectivity index (χ1n) is 21.0. The van der Waals surface area contributed by atoms with E-state index in [2.05, 4.69) is 203 Å². The average Bonchev–Trinajstić information content (AvgIpc) is 3.95. The van der Waals surface area contributed by atoms with E-state index < -0.39 is 5.41 Å². The second kappa shape index (κ2) is 12.8. The molecule has 288 valence electrons. The van der Waals surface area contributed by atoms with Crippen molar-refractivity contribution in [3.8, 4) is 50.7 Å². The van der Waals surface area contributed by atoms with Crippen molar-refractivity contribution in [2.45, 2.75) is 5.41 Å². The Kier molecular flexibility index (Phi) is 7.14. The number of rotatable bonds is 5. The van der Waals surface area contributed by atoms with Gasteiger partial charge in [-0.1, -0.05) is 140 Å². The standard InChI is InChI=1S/C56H38N4O/c1-58-35-59-51-34-39(61-38-28-30-43-42-19-8-9-25-48(42)60(50(43)33-38)52-27-10-11-32-57-52)29-31-46(51)56(47-24-14-26-49(58)55(47)59)53-40(36-15-4-2-5-16-36)20-12-22-44(53)45-23-13-21-41(54(45)56)37-17-6-3-7-18-37/h2-34H,35H2,1H3. The zero-order chi connectivity index (χ0) is 40.2. The number of pyridine rings is 1. The minimum absolute atomic E-state index is 0.646. The Morgan fingerprint density at radius 1 is 0.492 bits per heavy atom. The summed E-state index contributed by atoms with van der Waals surface area (Å²) in [6.45, 7) is 0.732. The molecular weight excluding hydrogens is 745 g/mol. The third-order valence-electron chi connectivity index (χ3n) is 13.2. The number of aromatic nitrogens is 2. The topological polar surface area (TPSA) is 33.5 Å². The van der Waals surface area contributed by atoms with Gasteiger partial charge >= 0.3 is 0 Å². The SMILES string of the molecule is CN1CN2c3cc(Oc4ccc5c6ccccc6n(-c6ccccn6)c5c4)ccc3C3(c4cccc1c42)c1c(-c2ccccc2)cccc1-c1cccc(-c2ccccc2)c13. The number of hydrogen-bond acceptors (Lipinski definition) is 4. The molecule has 0 bridgehead atoms. The summed E-state index contributed by atoms with van der Waals surface area (Å²) in [7, 11) is 2.21. The molecule has 8 aromatic carbocycles. The normalized spacial score (nSPS) is 14.0. The van der Waals surface area contributed by atoms with Gasteiger partial charge in [-0.05, 0) is 98.1 Å². The van der Waals surface area contributed by atoms with Crippen LogP contribution in [0.2, 0.25) is 0 Å². The van der Waals surface area contributed by atoms with Crippen LogP contribution in [0.5, 0.6) is 11.5 Å². The van der Waals surface area contributed by atoms with E-state index in [-0.39, 0.29) is 0 Å². The van der Waals surface area contributed by atoms with Crippen LogP contribution >= 0.6 is 0 Å². The summed E-state index contributed by atoms with van der Waals surface area (Å²) in [5, 5.41) is 2.34. The zero-order valence-electron chi connectivity index (χ0n) is 33.5. The Morgan fingerprint density at radius 2 is 1.11 bits per heavy atom. The summed E-state index contributed by atoms with van der Waals surface area (Å²) in [4.78, 5) is 9.65. The highest BCUT2D eigenvalue weighted by atomic mass is 16.5. The summed E-state index contributed by atoms with van der Waals surface area (Å²) in [5.41, 5.74) is 17.8. The number of para-hydroxylation sites is 2. The van der Waals surface area contributed by atoms with Gasteiger partial charge in [-0.25, -0.2) is 4.98 Å². The third kappa shape index (κ3) is 4.69. The van der Waals surface area contributed by atoms with Crippen LogP contribution in [0.4, 0.5) is 17.1 Å². The van der Waals surface area contributed by atoms with Crippen molar-refractivity contribution < 1.29 is 4.74 Å². The molecule has 5 heteroatoms. The lowest BCUT2D eigenvalue weighted by Crippen LogP contribution is -2.38. The first-order valence-corrected chi connectivity index (χ1v) is 21.0. The van der Waals surface area contributed by atoms with Crippen LogP contribution in [-0.4, -0.2) is 23.3 Å². The molecule has 0 saturated carbocycles. The highest BCUT2D eigenvalue weighted by molar-refractivity contribution is 6.09. The summed E-state index contributed by atoms with van der Waals surface area (Å²) in [6, 6.07) is 70.4. The van der Waals surface area contributed by atoms with E-state index in [1.807, 2.05) is 18.3 Å². The largest absolute Gasteiger partial charge is 0.457 e. The lowest BCUT2D eigenvalue weighted by Gasteiger charge is -2.44. The van der Waals surface area contributed by atoms with Crippen LogP contribution in [0.1, 0.15) is 22.3 Å². The van der Waals surface area contributed by atoms with Crippen LogP contribution in [0.25, 0.3) is 61.0 Å². The minimum Gasteiger partial charge on any atom is -0.457 e. The van der Waals surface area contributed by atoms with Crippen molar-refractivity contribution in [2.75, 3.05) is 23.5 Å². The van der Waals surface area contributed by atoms with E-state index in [1.165, 1.54) is 72.4 Å². The molecule has 10 aromatic rings. The lowest BCUT2D eigenvalue weighted by atomic mass is 9.62. The van der Waals surface area contributed by atoms with Gasteiger partial charge in [0, 0.05) is 36.1 Å². The van der Waals surface area contributed by atoms with Gasteiger partial charge < -0.3 is 14.5 Å². The van der Waals surface area contributed by atoms with Crippen molar-refractivity contribution in [2.24, 2.45) is 0 Å². The smallest absolute Gasteiger partial charge is 0.137 e. The maximum atomic E-state index is 6.97. The first-order chi connectivity index (χ1) is 30.2. The van der Waals surface area contributed by atoms with Crippen LogP contribution in [-0.2, 0) is 5.41 Å². The molecule has 0 saturated heterocycles. The molecule has 13 rings (SSSR count). The summed E-state index contributed by atoms with van der Waals surface area (Å²) in [6.07, 6.45) is 1.85. The van der Waals surface area contributed by atoms with Gasteiger partial charge in [-0.2, -0.15) is 0 Å². The number of fused-ring (bicyclic) bond motifs is 12. The number of benzene rings is 8. The Labute approximate surface area is 354 Å². The molecule has 0 unspecified atom stereocenters. The van der Waals surface area contributed by atoms with Crippen molar-refractivity contribution in [1.82, 2.24) is 9.55 Å². The Balaban J connectivity index is 1.07. The number of nitrogens with zero attached hydrogens (tertiary/aromatic N) is 4. The minimum atomic E-state index is -0.646. The average molecular weight is 783 g/mol. The van der Waals surface area contributed by atoms with Crippen LogP contribution in [0.3, 0.4) is 0 Å². The maximum absolute atomic E-state index is 6.97. The molecule has 0 N–H and O–H groups in total. The fourth-order valence-corrected chi connectivity index (χ4v) is 10.9. The van der Waals surface area contributed by atoms with Crippen LogP contribution in [0, 0.1) is 0 Å². The van der Waals surface area contributed by atoms with E-state index >= 15 is 0 Å². The molecule has 5 nitrogen and oxygen atoms in total. The van der Waals surface area contributed by atoms with E-state index in [1.54, 1.807) is 0 Å². The fourth-order valence-electron chi connectivity index (χ4n) is 10.9. The molecule has 61 heavy (non-hydrogen) atoms. The Morgan fingerprint density at radius 3 is 1.84 bits per heavy atom. The van der Waals surface area contributed by atoms with Gasteiger partial charge in [0.25, 0.3) is 0 Å². The lowest BCUT2D eigenvalue weighted by molar-refractivity contribution is 0.482. The maximum Gasteiger partial charge on any atom is 0.137 e. The Bertz CT molecular complexity index is 3300. The molecule has 1 aliphatic carbocycles. The summed E-state index contributed by atoms with van der Waals surface area (Å²) >= 11 is 0. The summed E-state index contributed by atoms with van der Waals surface area (Å²) in [5.74, 6) is 2.43. The number of ether oxygens (including phenoxy) is 1. The van der Waals surface area contributed by atoms with E-state index in [9.17, 15) is 0 Å². The van der Waals surface area contributed by atoms with Crippen molar-refractivity contribution in [3.05, 3.63) is 223 Å². The van der Waals surface area contributed by atoms with Gasteiger partial charge in [0.1, 0.15) is 17.3 Å². The molecule has 2 aromatic heterocycles. The predicted octanol–water partition coefficient (Wildman–Crippen LogP) is 13.5. The summed E-state index contributed by atoms with van der Waals surface area (Å²) < 4.78 is 9.20. The van der Waals surface area contributed by atoms with E-state index in [4.69, 9.17) is 9.72 Å². The van der Waals surface area contributed by atoms with E-state index in [0.717, 1.165) is 46.1 Å². The van der Waals surface area contributed by atoms with Gasteiger partial charge in [0.15, 0.2) is 0 Å². The number of anilines is 3. The van der Waals surface area contributed by atoms with Gasteiger partial charge in [-0.15, -0.1) is 0 Å². The molecule has 0 fully saturated rings. The van der Waals surface area contributed by atoms with Gasteiger partial charge in [0.05, 0.1) is 40.2 Å². The Hall–Kier alpha value is -7.89. The van der Waals surface area contributed by atoms with Crippen molar-refractivity contribution >= 4 is 38.9 Å². The second-order valence-electron chi connectivity index (χ2n) is 16.4. The second-order valence-corrected chi connectivity index (χ2v) is 16.4. The molecule has 4 heterocycles. The molecule has 3 aliphatic rings. The molecule has 0 amide bonds. The molecular formula is C56H38N4O. The zero-order valence-corrected chi connectivity index (χ0v) is 33.5. The van der Waals surface area contributed by atoms with Gasteiger partial charge in [-0.3, -0.25) is 4.57 Å². The van der Waals surface area contributed by atoms with Crippen molar-refractivity contribution in [3.63, 3.8) is 0 Å². The van der Waals surface area contributed by atoms with Crippen LogP contribution in [0.15, 0.2) is 200 Å². The number of hydrogen-bond donors (Lipinski definition) is 0. The highest BCUT2D eigenvalue weighted by Gasteiger charge is 2.55. The third-order valence-corrected chi connectivity index (χ3v) is 13.2. The molecule has 2 aliphatic heterocycles. The highest BCUT2D eigenvalue weighted by Crippen LogP contribution is 2.67. The van der Waals surface area contributed by atoms with Gasteiger partial charge in [0.2, 0.25) is 0 Å². The monoisotopic (exact) mass is 782 g/mol. The first kappa shape index (κ1) is 34.0. The molecule has 0 radical (unpaired) electrons.